The van der Waals surface area contributed by atoms with E-state index in [2.05, 4.69) is 4.90 Å². The van der Waals surface area contributed by atoms with Crippen molar-refractivity contribution in [3.63, 3.8) is 0 Å². The summed E-state index contributed by atoms with van der Waals surface area (Å²) in [6.07, 6.45) is 5.47. The van der Waals surface area contributed by atoms with Gasteiger partial charge >= 0.3 is 0 Å². The van der Waals surface area contributed by atoms with Crippen LogP contribution < -0.4 is 5.73 Å². The second-order valence-corrected chi connectivity index (χ2v) is 4.30. The third-order valence-electron chi connectivity index (χ3n) is 3.04. The molecule has 2 saturated heterocycles. The number of ether oxygens (including phenoxy) is 1. The summed E-state index contributed by atoms with van der Waals surface area (Å²) in [5.74, 6) is 0. The molecule has 2 N–H and O–H groups in total. The molecular weight excluding hydrogens is 164 g/mol. The van der Waals surface area contributed by atoms with Crippen LogP contribution in [0.5, 0.6) is 0 Å². The van der Waals surface area contributed by atoms with Crippen molar-refractivity contribution >= 4 is 0 Å². The van der Waals surface area contributed by atoms with Gasteiger partial charge < -0.3 is 10.5 Å². The number of likely N-dealkylation sites (tertiary alicyclic amines) is 1. The fourth-order valence-electron chi connectivity index (χ4n) is 2.27. The molecule has 3 heteroatoms. The number of hydrogen-bond donors (Lipinski definition) is 1. The highest BCUT2D eigenvalue weighted by Crippen LogP contribution is 2.16. The summed E-state index contributed by atoms with van der Waals surface area (Å²) in [6.45, 7) is 4.30. The normalized spacial score (nSPS) is 36.7. The fourth-order valence-corrected chi connectivity index (χ4v) is 2.27. The molecule has 2 fully saturated rings. The van der Waals surface area contributed by atoms with Crippen molar-refractivity contribution in [2.24, 2.45) is 5.73 Å². The Morgan fingerprint density at radius 1 is 1.31 bits per heavy atom. The first-order chi connectivity index (χ1) is 6.34. The molecule has 2 rings (SSSR count). The lowest BCUT2D eigenvalue weighted by atomic mass is 10.1. The summed E-state index contributed by atoms with van der Waals surface area (Å²) in [5.41, 5.74) is 5.85. The van der Waals surface area contributed by atoms with Crippen molar-refractivity contribution in [1.82, 2.24) is 4.90 Å². The average molecular weight is 184 g/mol. The van der Waals surface area contributed by atoms with Gasteiger partial charge in [-0.1, -0.05) is 0 Å². The lowest BCUT2D eigenvalue weighted by Gasteiger charge is -2.27. The standard InChI is InChI=1S/C10H20N2O/c11-9-4-5-12(7-9)8-10-3-1-2-6-13-10/h9-10H,1-8,11H2/t9-,10?/m0/s1. The number of rotatable bonds is 2. The van der Waals surface area contributed by atoms with Gasteiger partial charge in [0.1, 0.15) is 0 Å². The molecule has 0 amide bonds. The van der Waals surface area contributed by atoms with Crippen LogP contribution in [0.2, 0.25) is 0 Å². The van der Waals surface area contributed by atoms with Crippen molar-refractivity contribution in [3.05, 3.63) is 0 Å². The molecule has 3 nitrogen and oxygen atoms in total. The Hall–Kier alpha value is -0.120. The zero-order valence-corrected chi connectivity index (χ0v) is 8.24. The lowest BCUT2D eigenvalue weighted by Crippen LogP contribution is -2.35. The first-order valence-corrected chi connectivity index (χ1v) is 5.44. The van der Waals surface area contributed by atoms with Gasteiger partial charge in [-0.25, -0.2) is 0 Å². The summed E-state index contributed by atoms with van der Waals surface area (Å²) in [7, 11) is 0. The van der Waals surface area contributed by atoms with Gasteiger partial charge in [0, 0.05) is 25.7 Å². The molecule has 0 bridgehead atoms. The summed E-state index contributed by atoms with van der Waals surface area (Å²) in [6, 6.07) is 0.406. The second kappa shape index (κ2) is 4.40. The molecule has 0 aromatic heterocycles. The van der Waals surface area contributed by atoms with Gasteiger partial charge in [-0.05, 0) is 32.2 Å². The van der Waals surface area contributed by atoms with Crippen molar-refractivity contribution in [2.45, 2.75) is 37.8 Å². The van der Waals surface area contributed by atoms with E-state index >= 15 is 0 Å². The highest BCUT2D eigenvalue weighted by atomic mass is 16.5. The molecule has 0 aromatic carbocycles. The van der Waals surface area contributed by atoms with E-state index in [9.17, 15) is 0 Å². The molecular formula is C10H20N2O. The Bertz CT molecular complexity index is 154. The van der Waals surface area contributed by atoms with E-state index in [0.29, 0.717) is 12.1 Å². The van der Waals surface area contributed by atoms with E-state index in [1.165, 1.54) is 25.8 Å². The van der Waals surface area contributed by atoms with Crippen LogP contribution in [0.1, 0.15) is 25.7 Å². The van der Waals surface area contributed by atoms with Crippen molar-refractivity contribution < 1.29 is 4.74 Å². The van der Waals surface area contributed by atoms with Crippen LogP contribution in [0.25, 0.3) is 0 Å². The van der Waals surface area contributed by atoms with E-state index in [0.717, 1.165) is 26.1 Å². The number of hydrogen-bond acceptors (Lipinski definition) is 3. The van der Waals surface area contributed by atoms with Gasteiger partial charge in [0.25, 0.3) is 0 Å². The minimum atomic E-state index is 0.406. The zero-order chi connectivity index (χ0) is 9.10. The number of nitrogens with two attached hydrogens (primary N) is 1. The maximum Gasteiger partial charge on any atom is 0.0702 e. The minimum Gasteiger partial charge on any atom is -0.377 e. The molecule has 1 unspecified atom stereocenters. The van der Waals surface area contributed by atoms with Crippen LogP contribution in [0.3, 0.4) is 0 Å². The van der Waals surface area contributed by atoms with E-state index in [1.54, 1.807) is 0 Å². The molecule has 2 heterocycles. The van der Waals surface area contributed by atoms with Gasteiger partial charge in [0.05, 0.1) is 6.10 Å². The predicted molar refractivity (Wildman–Crippen MR) is 52.6 cm³/mol. The molecule has 2 atom stereocenters. The summed E-state index contributed by atoms with van der Waals surface area (Å²) in [5, 5.41) is 0. The average Bonchev–Trinajstić information content (AvgIpc) is 2.53. The van der Waals surface area contributed by atoms with Crippen LogP contribution in [-0.2, 0) is 4.74 Å². The SMILES string of the molecule is N[C@H]1CCN(CC2CCCCO2)C1. The molecule has 13 heavy (non-hydrogen) atoms. The maximum absolute atomic E-state index is 5.85. The lowest BCUT2D eigenvalue weighted by molar-refractivity contribution is -0.00198. The molecule has 0 saturated carbocycles. The van der Waals surface area contributed by atoms with Gasteiger partial charge in [-0.15, -0.1) is 0 Å². The van der Waals surface area contributed by atoms with Crippen LogP contribution in [0.4, 0.5) is 0 Å². The van der Waals surface area contributed by atoms with Crippen LogP contribution in [-0.4, -0.2) is 43.3 Å². The molecule has 2 aliphatic rings. The van der Waals surface area contributed by atoms with Crippen LogP contribution >= 0.6 is 0 Å². The molecule has 76 valence electrons. The highest BCUT2D eigenvalue weighted by molar-refractivity contribution is 4.80. The summed E-state index contributed by atoms with van der Waals surface area (Å²) >= 11 is 0. The van der Waals surface area contributed by atoms with Gasteiger partial charge in [0.2, 0.25) is 0 Å². The zero-order valence-electron chi connectivity index (χ0n) is 8.24. The topological polar surface area (TPSA) is 38.5 Å². The Morgan fingerprint density at radius 3 is 2.85 bits per heavy atom. The quantitative estimate of drug-likeness (QED) is 0.682. The van der Waals surface area contributed by atoms with Gasteiger partial charge in [-0.3, -0.25) is 4.90 Å². The third kappa shape index (κ3) is 2.66. The molecule has 0 aromatic rings. The molecule has 0 aliphatic carbocycles. The molecule has 0 radical (unpaired) electrons. The van der Waals surface area contributed by atoms with E-state index in [1.807, 2.05) is 0 Å². The predicted octanol–water partition coefficient (Wildman–Crippen LogP) is 0.588. The van der Waals surface area contributed by atoms with E-state index in [-0.39, 0.29) is 0 Å². The molecule has 2 aliphatic heterocycles. The number of nitrogens with zero attached hydrogens (tertiary/aromatic N) is 1. The molecule has 0 spiro atoms. The largest absolute Gasteiger partial charge is 0.377 e. The Morgan fingerprint density at radius 2 is 2.23 bits per heavy atom. The first kappa shape index (κ1) is 9.44. The Kier molecular flexibility index (Phi) is 3.19. The smallest absolute Gasteiger partial charge is 0.0702 e. The van der Waals surface area contributed by atoms with Gasteiger partial charge in [0.15, 0.2) is 0 Å². The van der Waals surface area contributed by atoms with Crippen molar-refractivity contribution in [1.29, 1.82) is 0 Å². The summed E-state index contributed by atoms with van der Waals surface area (Å²) in [4.78, 5) is 2.45. The minimum absolute atomic E-state index is 0.406. The second-order valence-electron chi connectivity index (χ2n) is 4.30. The first-order valence-electron chi connectivity index (χ1n) is 5.44. The fraction of sp³-hybridized carbons (Fsp3) is 1.00. The van der Waals surface area contributed by atoms with Crippen LogP contribution in [0.15, 0.2) is 0 Å². The van der Waals surface area contributed by atoms with E-state index < -0.39 is 0 Å². The van der Waals surface area contributed by atoms with Crippen molar-refractivity contribution in [2.75, 3.05) is 26.2 Å². The highest BCUT2D eigenvalue weighted by Gasteiger charge is 2.23. The third-order valence-corrected chi connectivity index (χ3v) is 3.04. The monoisotopic (exact) mass is 184 g/mol. The van der Waals surface area contributed by atoms with E-state index in [4.69, 9.17) is 10.5 Å². The summed E-state index contributed by atoms with van der Waals surface area (Å²) < 4.78 is 5.69. The van der Waals surface area contributed by atoms with Crippen LogP contribution in [0, 0.1) is 0 Å². The van der Waals surface area contributed by atoms with Gasteiger partial charge in [-0.2, -0.15) is 0 Å². The van der Waals surface area contributed by atoms with Crippen molar-refractivity contribution in [3.8, 4) is 0 Å². The Balaban J connectivity index is 1.71. The Labute approximate surface area is 80.2 Å². The maximum atomic E-state index is 5.85.